The molecule has 0 saturated heterocycles. The van der Waals surface area contributed by atoms with Crippen LogP contribution in [0.25, 0.3) is 0 Å². The fourth-order valence-electron chi connectivity index (χ4n) is 1.74. The lowest BCUT2D eigenvalue weighted by Crippen LogP contribution is -2.06. The summed E-state index contributed by atoms with van der Waals surface area (Å²) >= 11 is 3.21. The molecule has 0 aliphatic rings. The molecule has 0 aliphatic heterocycles. The lowest BCUT2D eigenvalue weighted by Gasteiger charge is -2.08. The van der Waals surface area contributed by atoms with Gasteiger partial charge in [0.05, 0.1) is 6.21 Å². The third-order valence-electron chi connectivity index (χ3n) is 2.87. The van der Waals surface area contributed by atoms with Gasteiger partial charge in [0, 0.05) is 10.0 Å². The molecule has 0 spiro atoms. The molecule has 130 valence electrons. The van der Waals surface area contributed by atoms with E-state index in [1.165, 1.54) is 0 Å². The molecule has 2 aromatic rings. The number of hydrogen-bond acceptors (Lipinski definition) is 3. The zero-order chi connectivity index (χ0) is 18.6. The first-order chi connectivity index (χ1) is 11.9. The van der Waals surface area contributed by atoms with E-state index in [4.69, 9.17) is 11.2 Å². The summed E-state index contributed by atoms with van der Waals surface area (Å²) in [5.74, 6) is -7.87. The van der Waals surface area contributed by atoms with Crippen molar-refractivity contribution in [1.82, 2.24) is 0 Å². The Balaban J connectivity index is 2.31. The van der Waals surface area contributed by atoms with Gasteiger partial charge in [-0.15, -0.1) is 6.42 Å². The minimum atomic E-state index is -2.25. The highest BCUT2D eigenvalue weighted by molar-refractivity contribution is 9.10. The molecule has 0 amide bonds. The van der Waals surface area contributed by atoms with Crippen molar-refractivity contribution in [1.29, 1.82) is 0 Å². The summed E-state index contributed by atoms with van der Waals surface area (Å²) in [6.07, 6.45) is 6.17. The largest absolute Gasteiger partial charge is 0.480 e. The summed E-state index contributed by atoms with van der Waals surface area (Å²) in [5, 5.41) is 3.49. The highest BCUT2D eigenvalue weighted by atomic mass is 79.9. The van der Waals surface area contributed by atoms with Gasteiger partial charge in [0.15, 0.2) is 23.3 Å². The van der Waals surface area contributed by atoms with Crippen LogP contribution in [0.5, 0.6) is 5.75 Å². The van der Waals surface area contributed by atoms with Crippen molar-refractivity contribution in [3.8, 4) is 18.1 Å². The number of nitrogens with one attached hydrogen (secondary N) is 1. The Kier molecular flexibility index (Phi) is 5.98. The second kappa shape index (κ2) is 7.98. The first-order valence-corrected chi connectivity index (χ1v) is 7.32. The van der Waals surface area contributed by atoms with Crippen LogP contribution in [-0.2, 0) is 0 Å². The van der Waals surface area contributed by atoms with E-state index in [1.807, 2.05) is 0 Å². The van der Waals surface area contributed by atoms with Gasteiger partial charge < -0.3 is 4.74 Å². The molecule has 25 heavy (non-hydrogen) atoms. The van der Waals surface area contributed by atoms with E-state index in [-0.39, 0.29) is 6.61 Å². The molecule has 0 fully saturated rings. The fraction of sp³-hybridized carbons (Fsp3) is 0.0625. The monoisotopic (exact) mass is 418 g/mol. The summed E-state index contributed by atoms with van der Waals surface area (Å²) in [6, 6.07) is 4.76. The highest BCUT2D eigenvalue weighted by Crippen LogP contribution is 2.27. The van der Waals surface area contributed by atoms with Crippen molar-refractivity contribution < 1.29 is 26.7 Å². The summed E-state index contributed by atoms with van der Waals surface area (Å²) in [4.78, 5) is 0. The number of nitrogens with zero attached hydrogens (tertiary/aromatic N) is 1. The maximum absolute atomic E-state index is 13.5. The van der Waals surface area contributed by atoms with Crippen LogP contribution in [0.1, 0.15) is 5.56 Å². The average molecular weight is 419 g/mol. The predicted octanol–water partition coefficient (Wildman–Crippen LogP) is 4.60. The molecular formula is C16H8BrF5N2O. The van der Waals surface area contributed by atoms with Crippen molar-refractivity contribution >= 4 is 27.8 Å². The van der Waals surface area contributed by atoms with Gasteiger partial charge in [-0.2, -0.15) is 5.10 Å². The van der Waals surface area contributed by atoms with Crippen LogP contribution in [0, 0.1) is 41.4 Å². The second-order valence-corrected chi connectivity index (χ2v) is 5.41. The lowest BCUT2D eigenvalue weighted by molar-refractivity contribution is 0.370. The lowest BCUT2D eigenvalue weighted by atomic mass is 10.2. The third kappa shape index (κ3) is 4.09. The third-order valence-corrected chi connectivity index (χ3v) is 3.37. The molecule has 1 N–H and O–H groups in total. The molecule has 2 rings (SSSR count). The number of rotatable bonds is 5. The van der Waals surface area contributed by atoms with Gasteiger partial charge in [0.25, 0.3) is 0 Å². The van der Waals surface area contributed by atoms with Crippen LogP contribution < -0.4 is 10.2 Å². The second-order valence-electron chi connectivity index (χ2n) is 4.49. The summed E-state index contributed by atoms with van der Waals surface area (Å²) in [5.41, 5.74) is 0.881. The topological polar surface area (TPSA) is 33.6 Å². The Hall–Kier alpha value is -2.60. The van der Waals surface area contributed by atoms with E-state index < -0.39 is 34.8 Å². The fourth-order valence-corrected chi connectivity index (χ4v) is 2.12. The number of ether oxygens (including phenoxy) is 1. The van der Waals surface area contributed by atoms with Crippen LogP contribution in [0.4, 0.5) is 27.6 Å². The Morgan fingerprint density at radius 1 is 1.08 bits per heavy atom. The molecule has 3 nitrogen and oxygen atoms in total. The van der Waals surface area contributed by atoms with Crippen LogP contribution in [0.3, 0.4) is 0 Å². The van der Waals surface area contributed by atoms with E-state index >= 15 is 0 Å². The van der Waals surface area contributed by atoms with Crippen molar-refractivity contribution in [2.24, 2.45) is 5.10 Å². The van der Waals surface area contributed by atoms with Crippen molar-refractivity contribution in [3.05, 3.63) is 57.3 Å². The zero-order valence-electron chi connectivity index (χ0n) is 12.2. The quantitative estimate of drug-likeness (QED) is 0.192. The Morgan fingerprint density at radius 2 is 1.68 bits per heavy atom. The first-order valence-electron chi connectivity index (χ1n) is 6.53. The van der Waals surface area contributed by atoms with Crippen LogP contribution in [0.2, 0.25) is 0 Å². The van der Waals surface area contributed by atoms with Crippen LogP contribution >= 0.6 is 15.9 Å². The Morgan fingerprint density at radius 3 is 2.28 bits per heavy atom. The van der Waals surface area contributed by atoms with Gasteiger partial charge in [0.2, 0.25) is 5.82 Å². The molecule has 2 aromatic carbocycles. The Labute approximate surface area is 147 Å². The molecule has 0 heterocycles. The van der Waals surface area contributed by atoms with Gasteiger partial charge in [-0.25, -0.2) is 22.0 Å². The van der Waals surface area contributed by atoms with Gasteiger partial charge in [-0.05, 0) is 18.2 Å². The van der Waals surface area contributed by atoms with Crippen LogP contribution in [0.15, 0.2) is 27.8 Å². The molecule has 0 unspecified atom stereocenters. The van der Waals surface area contributed by atoms with E-state index in [2.05, 4.69) is 27.0 Å². The number of anilines is 1. The molecule has 9 heteroatoms. The summed E-state index contributed by atoms with van der Waals surface area (Å²) in [7, 11) is 0. The maximum atomic E-state index is 13.5. The van der Waals surface area contributed by atoms with E-state index in [0.717, 1.165) is 6.21 Å². The normalized spacial score (nSPS) is 10.8. The standard InChI is InChI=1S/C16H8BrF5N2O/c1-2-5-25-10-4-3-9(17)6-8(10)7-23-24-16-14(21)12(19)11(18)13(20)15(16)22/h1,3-4,6-7,24H,5H2/b23-7-. The van der Waals surface area contributed by atoms with Crippen molar-refractivity contribution in [2.75, 3.05) is 12.0 Å². The minimum Gasteiger partial charge on any atom is -0.480 e. The number of terminal acetylenes is 1. The predicted molar refractivity (Wildman–Crippen MR) is 85.9 cm³/mol. The summed E-state index contributed by atoms with van der Waals surface area (Å²) < 4.78 is 72.1. The number of hydrogen-bond donors (Lipinski definition) is 1. The van der Waals surface area contributed by atoms with E-state index in [1.54, 1.807) is 23.6 Å². The molecule has 0 saturated carbocycles. The number of halogens is 6. The smallest absolute Gasteiger partial charge is 0.200 e. The molecule has 0 radical (unpaired) electrons. The summed E-state index contributed by atoms with van der Waals surface area (Å²) in [6.45, 7) is -0.0342. The average Bonchev–Trinajstić information content (AvgIpc) is 2.60. The van der Waals surface area contributed by atoms with Gasteiger partial charge in [-0.1, -0.05) is 21.9 Å². The van der Waals surface area contributed by atoms with Crippen LogP contribution in [-0.4, -0.2) is 12.8 Å². The number of hydrazone groups is 1. The Bertz CT molecular complexity index is 851. The highest BCUT2D eigenvalue weighted by Gasteiger charge is 2.25. The number of benzene rings is 2. The molecule has 0 atom stereocenters. The zero-order valence-corrected chi connectivity index (χ0v) is 13.8. The van der Waals surface area contributed by atoms with Crippen molar-refractivity contribution in [3.63, 3.8) is 0 Å². The maximum Gasteiger partial charge on any atom is 0.200 e. The molecular weight excluding hydrogens is 411 g/mol. The molecule has 0 aliphatic carbocycles. The van der Waals surface area contributed by atoms with E-state index in [0.29, 0.717) is 15.8 Å². The van der Waals surface area contributed by atoms with Gasteiger partial charge in [-0.3, -0.25) is 5.43 Å². The first kappa shape index (κ1) is 18.7. The van der Waals surface area contributed by atoms with Gasteiger partial charge >= 0.3 is 0 Å². The minimum absolute atomic E-state index is 0.0342. The van der Waals surface area contributed by atoms with Gasteiger partial charge in [0.1, 0.15) is 18.0 Å². The van der Waals surface area contributed by atoms with E-state index in [9.17, 15) is 22.0 Å². The molecule has 0 bridgehead atoms. The van der Waals surface area contributed by atoms with Crippen molar-refractivity contribution in [2.45, 2.75) is 0 Å². The molecule has 0 aromatic heterocycles. The SMILES string of the molecule is C#CCOc1ccc(Br)cc1/C=N\Nc1c(F)c(F)c(F)c(F)c1F.